The number of hydrogen-bond acceptors (Lipinski definition) is 3. The summed E-state index contributed by atoms with van der Waals surface area (Å²) in [5, 5.41) is 8.27. The van der Waals surface area contributed by atoms with Gasteiger partial charge < -0.3 is 14.5 Å². The molecule has 0 spiro atoms. The third kappa shape index (κ3) is 3.06. The summed E-state index contributed by atoms with van der Waals surface area (Å²) in [6.45, 7) is 9.95. The molecule has 1 aliphatic rings. The van der Waals surface area contributed by atoms with Crippen LogP contribution in [0.25, 0.3) is 0 Å². The third-order valence-corrected chi connectivity index (χ3v) is 3.73. The van der Waals surface area contributed by atoms with Crippen molar-refractivity contribution in [3.8, 4) is 5.75 Å². The highest BCUT2D eigenvalue weighted by molar-refractivity contribution is 5.84. The van der Waals surface area contributed by atoms with E-state index in [9.17, 15) is 0 Å². The molecule has 1 N–H and O–H groups in total. The smallest absolute Gasteiger partial charge is 0.142 e. The highest BCUT2D eigenvalue weighted by atomic mass is 16.5. The summed E-state index contributed by atoms with van der Waals surface area (Å²) in [4.78, 5) is 4.52. The van der Waals surface area contributed by atoms with E-state index in [1.807, 2.05) is 18.2 Å². The van der Waals surface area contributed by atoms with Crippen molar-refractivity contribution in [1.29, 1.82) is 5.41 Å². The molecule has 0 aliphatic carbocycles. The van der Waals surface area contributed by atoms with Gasteiger partial charge in [0.1, 0.15) is 11.6 Å². The molecule has 0 atom stereocenters. The highest BCUT2D eigenvalue weighted by Crippen LogP contribution is 2.29. The van der Waals surface area contributed by atoms with E-state index in [4.69, 9.17) is 10.1 Å². The van der Waals surface area contributed by atoms with Crippen molar-refractivity contribution in [2.24, 2.45) is 5.41 Å². The van der Waals surface area contributed by atoms with E-state index < -0.39 is 0 Å². The molecule has 110 valence electrons. The molecule has 1 aromatic carbocycles. The molecule has 1 aliphatic heterocycles. The number of anilines is 1. The number of piperazine rings is 1. The molecule has 0 bridgehead atoms. The minimum Gasteiger partial charge on any atom is -0.495 e. The van der Waals surface area contributed by atoms with Crippen LogP contribution in [0.15, 0.2) is 24.3 Å². The molecule has 0 amide bonds. The lowest BCUT2D eigenvalue weighted by molar-refractivity contribution is 0.341. The molecule has 0 radical (unpaired) electrons. The summed E-state index contributed by atoms with van der Waals surface area (Å²) in [5.74, 6) is 1.66. The Hall–Kier alpha value is -1.71. The molecule has 20 heavy (non-hydrogen) atoms. The van der Waals surface area contributed by atoms with Crippen molar-refractivity contribution in [3.05, 3.63) is 24.3 Å². The fraction of sp³-hybridized carbons (Fsp3) is 0.562. The second-order valence-electron chi connectivity index (χ2n) is 6.24. The fourth-order valence-electron chi connectivity index (χ4n) is 2.54. The zero-order valence-electron chi connectivity index (χ0n) is 12.9. The van der Waals surface area contributed by atoms with Crippen molar-refractivity contribution in [2.45, 2.75) is 20.8 Å². The molecule has 0 saturated carbocycles. The lowest BCUT2D eigenvalue weighted by atomic mass is 9.93. The van der Waals surface area contributed by atoms with Gasteiger partial charge in [-0.3, -0.25) is 5.41 Å². The maximum atomic E-state index is 8.27. The SMILES string of the molecule is COc1ccccc1N1CCN(C(=N)C(C)(C)C)CC1. The first-order chi connectivity index (χ1) is 9.43. The number of hydrogen-bond donors (Lipinski definition) is 1. The largest absolute Gasteiger partial charge is 0.495 e. The number of para-hydroxylation sites is 2. The Morgan fingerprint density at radius 2 is 1.70 bits per heavy atom. The first-order valence-electron chi connectivity index (χ1n) is 7.15. The van der Waals surface area contributed by atoms with Gasteiger partial charge in [-0.25, -0.2) is 0 Å². The van der Waals surface area contributed by atoms with Crippen LogP contribution in [0, 0.1) is 10.8 Å². The molecule has 2 rings (SSSR count). The van der Waals surface area contributed by atoms with Gasteiger partial charge in [-0.15, -0.1) is 0 Å². The zero-order valence-corrected chi connectivity index (χ0v) is 12.9. The quantitative estimate of drug-likeness (QED) is 0.666. The van der Waals surface area contributed by atoms with Crippen LogP contribution >= 0.6 is 0 Å². The highest BCUT2D eigenvalue weighted by Gasteiger charge is 2.27. The Morgan fingerprint density at radius 1 is 1.10 bits per heavy atom. The standard InChI is InChI=1S/C16H25N3O/c1-16(2,3)15(17)19-11-9-18(10-12-19)13-7-5-6-8-14(13)20-4/h5-8,17H,9-12H2,1-4H3. The topological polar surface area (TPSA) is 39.6 Å². The molecular weight excluding hydrogens is 250 g/mol. The van der Waals surface area contributed by atoms with Crippen LogP contribution in [0.4, 0.5) is 5.69 Å². The van der Waals surface area contributed by atoms with Gasteiger partial charge in [-0.1, -0.05) is 32.9 Å². The van der Waals surface area contributed by atoms with E-state index in [1.54, 1.807) is 7.11 Å². The summed E-state index contributed by atoms with van der Waals surface area (Å²) in [5.41, 5.74) is 1.07. The minimum atomic E-state index is -0.0768. The molecule has 0 unspecified atom stereocenters. The second-order valence-corrected chi connectivity index (χ2v) is 6.24. The summed E-state index contributed by atoms with van der Waals surface area (Å²) in [6, 6.07) is 8.14. The number of nitrogens with one attached hydrogen (secondary N) is 1. The van der Waals surface area contributed by atoms with Crippen LogP contribution in [0.1, 0.15) is 20.8 Å². The van der Waals surface area contributed by atoms with Crippen molar-refractivity contribution in [1.82, 2.24) is 4.90 Å². The van der Waals surface area contributed by atoms with Gasteiger partial charge >= 0.3 is 0 Å². The van der Waals surface area contributed by atoms with E-state index in [0.29, 0.717) is 0 Å². The molecule has 4 nitrogen and oxygen atoms in total. The second kappa shape index (κ2) is 5.73. The van der Waals surface area contributed by atoms with E-state index >= 15 is 0 Å². The molecule has 1 fully saturated rings. The number of methoxy groups -OCH3 is 1. The van der Waals surface area contributed by atoms with E-state index in [2.05, 4.69) is 36.6 Å². The van der Waals surface area contributed by atoms with E-state index in [-0.39, 0.29) is 5.41 Å². The first-order valence-corrected chi connectivity index (χ1v) is 7.15. The third-order valence-electron chi connectivity index (χ3n) is 3.73. The predicted octanol–water partition coefficient (Wildman–Crippen LogP) is 2.84. The minimum absolute atomic E-state index is 0.0768. The number of nitrogens with zero attached hydrogens (tertiary/aromatic N) is 2. The van der Waals surface area contributed by atoms with E-state index in [0.717, 1.165) is 43.5 Å². The van der Waals surface area contributed by atoms with Gasteiger partial charge in [0.15, 0.2) is 0 Å². The van der Waals surface area contributed by atoms with Crippen LogP contribution in [-0.2, 0) is 0 Å². The number of amidine groups is 1. The summed E-state index contributed by atoms with van der Waals surface area (Å²) >= 11 is 0. The molecule has 1 aromatic rings. The molecule has 0 aromatic heterocycles. The molecule has 1 saturated heterocycles. The van der Waals surface area contributed by atoms with Gasteiger partial charge in [-0.05, 0) is 12.1 Å². The molecule has 4 heteroatoms. The lowest BCUT2D eigenvalue weighted by Gasteiger charge is -2.40. The van der Waals surface area contributed by atoms with Gasteiger partial charge in [0.2, 0.25) is 0 Å². The monoisotopic (exact) mass is 275 g/mol. The number of benzene rings is 1. The van der Waals surface area contributed by atoms with Crippen LogP contribution in [-0.4, -0.2) is 44.0 Å². The predicted molar refractivity (Wildman–Crippen MR) is 84.0 cm³/mol. The van der Waals surface area contributed by atoms with Crippen LogP contribution in [0.2, 0.25) is 0 Å². The Morgan fingerprint density at radius 3 is 2.25 bits per heavy atom. The van der Waals surface area contributed by atoms with Gasteiger partial charge in [0.05, 0.1) is 12.8 Å². The molecule has 1 heterocycles. The van der Waals surface area contributed by atoms with Crippen molar-refractivity contribution in [3.63, 3.8) is 0 Å². The van der Waals surface area contributed by atoms with Crippen LogP contribution < -0.4 is 9.64 Å². The van der Waals surface area contributed by atoms with E-state index in [1.165, 1.54) is 0 Å². The summed E-state index contributed by atoms with van der Waals surface area (Å²) < 4.78 is 5.43. The maximum Gasteiger partial charge on any atom is 0.142 e. The van der Waals surface area contributed by atoms with Gasteiger partial charge in [-0.2, -0.15) is 0 Å². The Bertz CT molecular complexity index is 471. The van der Waals surface area contributed by atoms with Crippen molar-refractivity contribution >= 4 is 11.5 Å². The summed E-state index contributed by atoms with van der Waals surface area (Å²) in [6.07, 6.45) is 0. The van der Waals surface area contributed by atoms with Crippen LogP contribution in [0.3, 0.4) is 0 Å². The normalized spacial score (nSPS) is 16.2. The summed E-state index contributed by atoms with van der Waals surface area (Å²) in [7, 11) is 1.71. The fourth-order valence-corrected chi connectivity index (χ4v) is 2.54. The first kappa shape index (κ1) is 14.7. The number of rotatable bonds is 2. The molecular formula is C16H25N3O. The van der Waals surface area contributed by atoms with Crippen LogP contribution in [0.5, 0.6) is 5.75 Å². The average Bonchev–Trinajstić information content (AvgIpc) is 2.45. The van der Waals surface area contributed by atoms with Gasteiger partial charge in [0, 0.05) is 31.6 Å². The average molecular weight is 275 g/mol. The van der Waals surface area contributed by atoms with Crippen molar-refractivity contribution < 1.29 is 4.74 Å². The Labute approximate surface area is 121 Å². The van der Waals surface area contributed by atoms with Crippen molar-refractivity contribution in [2.75, 3.05) is 38.2 Å². The van der Waals surface area contributed by atoms with Gasteiger partial charge in [0.25, 0.3) is 0 Å². The Balaban J connectivity index is 2.03. The lowest BCUT2D eigenvalue weighted by Crippen LogP contribution is -2.51. The zero-order chi connectivity index (χ0) is 14.8. The maximum absolute atomic E-state index is 8.27. The number of ether oxygens (including phenoxy) is 1. The Kier molecular flexibility index (Phi) is 4.21.